The highest BCUT2D eigenvalue weighted by molar-refractivity contribution is 6.29. The molecule has 2 rings (SSSR count). The van der Waals surface area contributed by atoms with Crippen molar-refractivity contribution in [2.24, 2.45) is 0 Å². The normalized spacial score (nSPS) is 18.9. The Balaban J connectivity index is 2.17. The number of nitro groups is 1. The number of nitrogens with one attached hydrogen (secondary N) is 2. The van der Waals surface area contributed by atoms with Gasteiger partial charge >= 0.3 is 0 Å². The van der Waals surface area contributed by atoms with Gasteiger partial charge in [0.15, 0.2) is 0 Å². The van der Waals surface area contributed by atoms with Crippen LogP contribution in [0.25, 0.3) is 0 Å². The molecule has 1 atom stereocenters. The van der Waals surface area contributed by atoms with E-state index >= 15 is 0 Å². The summed E-state index contributed by atoms with van der Waals surface area (Å²) in [6.07, 6.45) is 2.81. The Morgan fingerprint density at radius 3 is 3.05 bits per heavy atom. The van der Waals surface area contributed by atoms with Gasteiger partial charge < -0.3 is 10.6 Å². The predicted molar refractivity (Wildman–Crippen MR) is 69.3 cm³/mol. The van der Waals surface area contributed by atoms with Crippen LogP contribution in [0.1, 0.15) is 23.2 Å². The van der Waals surface area contributed by atoms with Crippen molar-refractivity contribution in [1.82, 2.24) is 15.6 Å². The number of carbonyl (C=O) groups is 1. The topological polar surface area (TPSA) is 97.2 Å². The third-order valence-electron chi connectivity index (χ3n) is 2.92. The molecular weight excluding hydrogens is 272 g/mol. The lowest BCUT2D eigenvalue weighted by Gasteiger charge is -2.23. The number of nitrogens with zero attached hydrogens (tertiary/aromatic N) is 2. The van der Waals surface area contributed by atoms with Crippen LogP contribution in [-0.2, 0) is 0 Å². The Kier molecular flexibility index (Phi) is 4.28. The van der Waals surface area contributed by atoms with Gasteiger partial charge in [0.1, 0.15) is 16.9 Å². The van der Waals surface area contributed by atoms with Gasteiger partial charge in [0.25, 0.3) is 11.6 Å². The van der Waals surface area contributed by atoms with Crippen molar-refractivity contribution in [2.45, 2.75) is 18.9 Å². The van der Waals surface area contributed by atoms with E-state index in [9.17, 15) is 14.9 Å². The van der Waals surface area contributed by atoms with Crippen LogP contribution in [-0.4, -0.2) is 34.9 Å². The van der Waals surface area contributed by atoms with Crippen molar-refractivity contribution >= 4 is 23.2 Å². The van der Waals surface area contributed by atoms with Crippen LogP contribution < -0.4 is 10.6 Å². The van der Waals surface area contributed by atoms with E-state index in [2.05, 4.69) is 15.6 Å². The van der Waals surface area contributed by atoms with E-state index in [0.29, 0.717) is 6.54 Å². The first kappa shape index (κ1) is 13.7. The van der Waals surface area contributed by atoms with Crippen LogP contribution >= 0.6 is 11.6 Å². The lowest BCUT2D eigenvalue weighted by Crippen LogP contribution is -2.45. The number of amides is 1. The lowest BCUT2D eigenvalue weighted by atomic mass is 10.1. The molecular formula is C11H13ClN4O3. The molecule has 1 aromatic rings. The molecule has 0 radical (unpaired) electrons. The largest absolute Gasteiger partial charge is 0.348 e. The van der Waals surface area contributed by atoms with Crippen molar-refractivity contribution in [3.8, 4) is 0 Å². The number of rotatable bonds is 3. The molecule has 7 nitrogen and oxygen atoms in total. The second-order valence-corrected chi connectivity index (χ2v) is 4.69. The second kappa shape index (κ2) is 5.94. The molecule has 1 aromatic heterocycles. The van der Waals surface area contributed by atoms with E-state index in [0.717, 1.165) is 25.6 Å². The zero-order chi connectivity index (χ0) is 13.8. The first-order valence-electron chi connectivity index (χ1n) is 5.89. The summed E-state index contributed by atoms with van der Waals surface area (Å²) in [6, 6.07) is 1.19. The highest BCUT2D eigenvalue weighted by Crippen LogP contribution is 2.20. The summed E-state index contributed by atoms with van der Waals surface area (Å²) in [5.74, 6) is -0.496. The lowest BCUT2D eigenvalue weighted by molar-refractivity contribution is -0.385. The van der Waals surface area contributed by atoms with Crippen molar-refractivity contribution in [3.63, 3.8) is 0 Å². The summed E-state index contributed by atoms with van der Waals surface area (Å²) in [7, 11) is 0. The summed E-state index contributed by atoms with van der Waals surface area (Å²) in [6.45, 7) is 1.59. The summed E-state index contributed by atoms with van der Waals surface area (Å²) >= 11 is 5.68. The maximum absolute atomic E-state index is 12.1. The van der Waals surface area contributed by atoms with Gasteiger partial charge in [-0.15, -0.1) is 0 Å². The maximum Gasteiger partial charge on any atom is 0.300 e. The Morgan fingerprint density at radius 1 is 1.63 bits per heavy atom. The number of piperidine rings is 1. The minimum Gasteiger partial charge on any atom is -0.348 e. The number of hydrogen-bond donors (Lipinski definition) is 2. The Hall–Kier alpha value is -1.73. The summed E-state index contributed by atoms with van der Waals surface area (Å²) < 4.78 is 0. The first-order chi connectivity index (χ1) is 9.08. The fourth-order valence-electron chi connectivity index (χ4n) is 1.99. The summed E-state index contributed by atoms with van der Waals surface area (Å²) in [4.78, 5) is 25.9. The highest BCUT2D eigenvalue weighted by Gasteiger charge is 2.24. The van der Waals surface area contributed by atoms with Crippen LogP contribution in [0.5, 0.6) is 0 Å². The van der Waals surface area contributed by atoms with Gasteiger partial charge in [-0.3, -0.25) is 14.9 Å². The van der Waals surface area contributed by atoms with E-state index in [4.69, 9.17) is 11.6 Å². The second-order valence-electron chi connectivity index (χ2n) is 4.30. The Bertz CT molecular complexity index is 503. The van der Waals surface area contributed by atoms with Crippen molar-refractivity contribution in [2.75, 3.05) is 13.1 Å². The number of carbonyl (C=O) groups excluding carboxylic acids is 1. The summed E-state index contributed by atoms with van der Waals surface area (Å²) in [5, 5.41) is 16.8. The van der Waals surface area contributed by atoms with Crippen molar-refractivity contribution in [1.29, 1.82) is 0 Å². The molecule has 2 N–H and O–H groups in total. The monoisotopic (exact) mass is 284 g/mol. The van der Waals surface area contributed by atoms with E-state index in [1.807, 2.05) is 0 Å². The van der Waals surface area contributed by atoms with Gasteiger partial charge in [-0.05, 0) is 25.5 Å². The standard InChI is InChI=1S/C11H13ClN4O3/c12-10-4-8(9(6-14-10)16(18)19)11(17)15-7-2-1-3-13-5-7/h4,6-7,13H,1-3,5H2,(H,15,17). The average molecular weight is 285 g/mol. The summed E-state index contributed by atoms with van der Waals surface area (Å²) in [5.41, 5.74) is -0.402. The van der Waals surface area contributed by atoms with E-state index in [-0.39, 0.29) is 22.4 Å². The van der Waals surface area contributed by atoms with Gasteiger partial charge in [-0.2, -0.15) is 0 Å². The molecule has 1 saturated heterocycles. The molecule has 19 heavy (non-hydrogen) atoms. The molecule has 0 saturated carbocycles. The van der Waals surface area contributed by atoms with Gasteiger partial charge in [0.2, 0.25) is 0 Å². The van der Waals surface area contributed by atoms with Crippen LogP contribution in [0.3, 0.4) is 0 Å². The Labute approximate surface area is 114 Å². The molecule has 1 amide bonds. The molecule has 0 aromatic carbocycles. The average Bonchev–Trinajstić information content (AvgIpc) is 2.39. The SMILES string of the molecule is O=C(NC1CCCNC1)c1cc(Cl)ncc1[N+](=O)[O-]. The molecule has 1 aliphatic heterocycles. The van der Waals surface area contributed by atoms with E-state index < -0.39 is 10.8 Å². The maximum atomic E-state index is 12.1. The predicted octanol–water partition coefficient (Wildman–Crippen LogP) is 1.12. The van der Waals surface area contributed by atoms with Gasteiger partial charge in [-0.1, -0.05) is 11.6 Å². The fraction of sp³-hybridized carbons (Fsp3) is 0.455. The van der Waals surface area contributed by atoms with Crippen LogP contribution in [0.4, 0.5) is 5.69 Å². The van der Waals surface area contributed by atoms with Crippen molar-refractivity contribution < 1.29 is 9.72 Å². The zero-order valence-corrected chi connectivity index (χ0v) is 10.8. The number of hydrogen-bond acceptors (Lipinski definition) is 5. The Morgan fingerprint density at radius 2 is 2.42 bits per heavy atom. The van der Waals surface area contributed by atoms with Gasteiger partial charge in [0, 0.05) is 12.6 Å². The molecule has 0 bridgehead atoms. The van der Waals surface area contributed by atoms with Gasteiger partial charge in [0.05, 0.1) is 4.92 Å². The van der Waals surface area contributed by atoms with E-state index in [1.165, 1.54) is 6.07 Å². The molecule has 102 valence electrons. The fourth-order valence-corrected chi connectivity index (χ4v) is 2.15. The molecule has 0 aliphatic carbocycles. The number of pyridine rings is 1. The first-order valence-corrected chi connectivity index (χ1v) is 6.27. The third kappa shape index (κ3) is 3.39. The van der Waals surface area contributed by atoms with Crippen molar-refractivity contribution in [3.05, 3.63) is 33.1 Å². The van der Waals surface area contributed by atoms with Crippen LogP contribution in [0.15, 0.2) is 12.3 Å². The zero-order valence-electron chi connectivity index (χ0n) is 10.1. The third-order valence-corrected chi connectivity index (χ3v) is 3.13. The highest BCUT2D eigenvalue weighted by atomic mass is 35.5. The molecule has 2 heterocycles. The molecule has 8 heteroatoms. The number of halogens is 1. The van der Waals surface area contributed by atoms with Gasteiger partial charge in [-0.25, -0.2) is 4.98 Å². The quantitative estimate of drug-likeness (QED) is 0.492. The molecule has 1 unspecified atom stereocenters. The number of aromatic nitrogens is 1. The van der Waals surface area contributed by atoms with Crippen LogP contribution in [0.2, 0.25) is 5.15 Å². The molecule has 0 spiro atoms. The molecule has 1 fully saturated rings. The molecule has 1 aliphatic rings. The smallest absolute Gasteiger partial charge is 0.300 e. The van der Waals surface area contributed by atoms with Crippen LogP contribution in [0, 0.1) is 10.1 Å². The minimum absolute atomic E-state index is 0.0206. The van der Waals surface area contributed by atoms with E-state index in [1.54, 1.807) is 0 Å². The minimum atomic E-state index is -0.642.